The van der Waals surface area contributed by atoms with Crippen LogP contribution in [0.1, 0.15) is 79.0 Å². The summed E-state index contributed by atoms with van der Waals surface area (Å²) in [6.45, 7) is 6.37. The van der Waals surface area contributed by atoms with Crippen LogP contribution < -0.4 is 4.90 Å². The molecular formula is C40H49N3O4. The molecular weight excluding hydrogens is 586 g/mol. The van der Waals surface area contributed by atoms with Crippen LogP contribution in [0.25, 0.3) is 0 Å². The normalized spacial score (nSPS) is 25.7. The van der Waals surface area contributed by atoms with Crippen LogP contribution in [0.5, 0.6) is 5.75 Å². The summed E-state index contributed by atoms with van der Waals surface area (Å²) in [5, 5.41) is 19.8. The second-order valence-corrected chi connectivity index (χ2v) is 14.4. The van der Waals surface area contributed by atoms with E-state index < -0.39 is 11.9 Å². The molecule has 4 atom stereocenters. The van der Waals surface area contributed by atoms with Gasteiger partial charge in [0.2, 0.25) is 5.91 Å². The lowest BCUT2D eigenvalue weighted by Crippen LogP contribution is -2.53. The van der Waals surface area contributed by atoms with Crippen molar-refractivity contribution in [2.24, 2.45) is 17.8 Å². The van der Waals surface area contributed by atoms with Crippen LogP contribution >= 0.6 is 0 Å². The lowest BCUT2D eigenvalue weighted by molar-refractivity contribution is -0.153. The number of carbonyl (C=O) groups excluding carboxylic acids is 1. The number of aryl methyl sites for hydroxylation is 1. The molecule has 0 radical (unpaired) electrons. The molecule has 0 spiro atoms. The van der Waals surface area contributed by atoms with Crippen molar-refractivity contribution in [2.45, 2.75) is 63.2 Å². The Morgan fingerprint density at radius 1 is 0.723 bits per heavy atom. The number of hydrogen-bond acceptors (Lipinski definition) is 5. The first-order valence-corrected chi connectivity index (χ1v) is 17.9. The molecule has 1 amide bonds. The summed E-state index contributed by atoms with van der Waals surface area (Å²) in [5.74, 6) is 0.0793. The SMILES string of the molecule is O=C(O)[C@@H]1CCCC[C@H]1C(=O)N1CCN(CC2CCN(c3ccc([C@@H]4c5ccc(O)cc5CC[C@@H]4c4ccccc4)cc3)CC2)CC1. The summed E-state index contributed by atoms with van der Waals surface area (Å²) < 4.78 is 0. The highest BCUT2D eigenvalue weighted by molar-refractivity contribution is 5.85. The maximum Gasteiger partial charge on any atom is 0.307 e. The largest absolute Gasteiger partial charge is 0.508 e. The van der Waals surface area contributed by atoms with Gasteiger partial charge in [-0.05, 0) is 96.9 Å². The van der Waals surface area contributed by atoms with Gasteiger partial charge in [-0.15, -0.1) is 0 Å². The number of phenols is 1. The molecule has 248 valence electrons. The Kier molecular flexibility index (Phi) is 9.53. The molecule has 2 aliphatic carbocycles. The molecule has 1 saturated carbocycles. The van der Waals surface area contributed by atoms with Crippen molar-refractivity contribution in [1.82, 2.24) is 9.80 Å². The minimum absolute atomic E-state index is 0.0682. The summed E-state index contributed by atoms with van der Waals surface area (Å²) in [6.07, 6.45) is 7.59. The fraction of sp³-hybridized carbons (Fsp3) is 0.500. The minimum atomic E-state index is -0.808. The number of carboxylic acids is 1. The van der Waals surface area contributed by atoms with E-state index in [0.717, 1.165) is 58.4 Å². The molecule has 0 aromatic heterocycles. The van der Waals surface area contributed by atoms with E-state index in [0.29, 0.717) is 43.5 Å². The Morgan fingerprint density at radius 3 is 2.13 bits per heavy atom. The molecule has 2 N–H and O–H groups in total. The molecule has 4 aliphatic rings. The summed E-state index contributed by atoms with van der Waals surface area (Å²) in [7, 11) is 0. The average Bonchev–Trinajstić information content (AvgIpc) is 3.12. The summed E-state index contributed by atoms with van der Waals surface area (Å²) in [5.41, 5.74) is 6.60. The Hall–Kier alpha value is -3.84. The van der Waals surface area contributed by atoms with E-state index in [2.05, 4.69) is 70.5 Å². The average molecular weight is 636 g/mol. The van der Waals surface area contributed by atoms with E-state index >= 15 is 0 Å². The van der Waals surface area contributed by atoms with Crippen LogP contribution in [0.15, 0.2) is 72.8 Å². The van der Waals surface area contributed by atoms with Crippen molar-refractivity contribution < 1.29 is 19.8 Å². The van der Waals surface area contributed by atoms with Crippen LogP contribution in [0.3, 0.4) is 0 Å². The van der Waals surface area contributed by atoms with Crippen molar-refractivity contribution in [2.75, 3.05) is 50.7 Å². The van der Waals surface area contributed by atoms with E-state index in [-0.39, 0.29) is 17.7 Å². The molecule has 7 nitrogen and oxygen atoms in total. The Bertz CT molecular complexity index is 1530. The van der Waals surface area contributed by atoms with Gasteiger partial charge in [0.25, 0.3) is 0 Å². The zero-order valence-corrected chi connectivity index (χ0v) is 27.5. The van der Waals surface area contributed by atoms with Crippen molar-refractivity contribution in [3.63, 3.8) is 0 Å². The molecule has 0 bridgehead atoms. The van der Waals surface area contributed by atoms with Gasteiger partial charge in [-0.3, -0.25) is 14.5 Å². The van der Waals surface area contributed by atoms with Gasteiger partial charge >= 0.3 is 5.97 Å². The number of carbonyl (C=O) groups is 2. The summed E-state index contributed by atoms with van der Waals surface area (Å²) in [4.78, 5) is 31.9. The van der Waals surface area contributed by atoms with Gasteiger partial charge in [0.05, 0.1) is 11.8 Å². The number of carboxylic acid groups (broad SMARTS) is 1. The van der Waals surface area contributed by atoms with Gasteiger partial charge in [0, 0.05) is 57.4 Å². The van der Waals surface area contributed by atoms with E-state index in [1.54, 1.807) is 0 Å². The highest BCUT2D eigenvalue weighted by Crippen LogP contribution is 2.47. The first kappa shape index (κ1) is 31.7. The third kappa shape index (κ3) is 6.92. The molecule has 2 saturated heterocycles. The Balaban J connectivity index is 0.936. The van der Waals surface area contributed by atoms with E-state index in [4.69, 9.17) is 0 Å². The van der Waals surface area contributed by atoms with Gasteiger partial charge in [-0.25, -0.2) is 0 Å². The number of phenolic OH excluding ortho intramolecular Hbond substituents is 1. The Labute approximate surface area is 279 Å². The predicted molar refractivity (Wildman–Crippen MR) is 185 cm³/mol. The maximum absolute atomic E-state index is 13.2. The third-order valence-electron chi connectivity index (χ3n) is 11.6. The molecule has 3 aromatic carbocycles. The number of amides is 1. The smallest absolute Gasteiger partial charge is 0.307 e. The molecule has 47 heavy (non-hydrogen) atoms. The molecule has 2 aliphatic heterocycles. The van der Waals surface area contributed by atoms with Crippen LogP contribution in [-0.2, 0) is 16.0 Å². The number of fused-ring (bicyclic) bond motifs is 1. The fourth-order valence-electron chi connectivity index (χ4n) is 9.02. The number of aromatic hydroxyl groups is 1. The van der Waals surface area contributed by atoms with Gasteiger partial charge in [0.15, 0.2) is 0 Å². The van der Waals surface area contributed by atoms with Crippen LogP contribution in [0.4, 0.5) is 5.69 Å². The van der Waals surface area contributed by atoms with E-state index in [9.17, 15) is 19.8 Å². The highest BCUT2D eigenvalue weighted by atomic mass is 16.4. The molecule has 0 unspecified atom stereocenters. The number of aliphatic carboxylic acids is 1. The number of piperidine rings is 1. The van der Waals surface area contributed by atoms with Gasteiger partial charge in [-0.2, -0.15) is 0 Å². The van der Waals surface area contributed by atoms with Crippen LogP contribution in [0.2, 0.25) is 0 Å². The molecule has 2 heterocycles. The first-order valence-electron chi connectivity index (χ1n) is 17.9. The predicted octanol–water partition coefficient (Wildman–Crippen LogP) is 6.51. The number of benzene rings is 3. The first-order chi connectivity index (χ1) is 22.9. The number of nitrogens with zero attached hydrogens (tertiary/aromatic N) is 3. The number of rotatable bonds is 7. The van der Waals surface area contributed by atoms with E-state index in [1.165, 1.54) is 40.8 Å². The zero-order valence-electron chi connectivity index (χ0n) is 27.5. The van der Waals surface area contributed by atoms with Crippen molar-refractivity contribution in [3.8, 4) is 5.75 Å². The molecule has 7 rings (SSSR count). The van der Waals surface area contributed by atoms with Crippen molar-refractivity contribution >= 4 is 17.6 Å². The second kappa shape index (κ2) is 14.1. The monoisotopic (exact) mass is 635 g/mol. The fourth-order valence-corrected chi connectivity index (χ4v) is 9.02. The van der Waals surface area contributed by atoms with E-state index in [1.807, 2.05) is 17.0 Å². The van der Waals surface area contributed by atoms with Gasteiger partial charge in [-0.1, -0.05) is 61.4 Å². The minimum Gasteiger partial charge on any atom is -0.508 e. The van der Waals surface area contributed by atoms with Crippen molar-refractivity contribution in [1.29, 1.82) is 0 Å². The standard InChI is InChI=1S/C40H49N3O4/c44-33-15-17-35-31(26-33)12-16-34(29-6-2-1-3-7-29)38(35)30-10-13-32(14-11-30)42-20-18-28(19-21-42)27-41-22-24-43(25-23-41)39(45)36-8-4-5-9-37(36)40(46)47/h1-3,6-7,10-11,13-15,17,26,28,34,36-38,44H,4-5,8-9,12,16,18-25,27H2,(H,46,47)/t34-,36-,37-,38+/m1/s1. The Morgan fingerprint density at radius 2 is 1.43 bits per heavy atom. The molecule has 7 heteroatoms. The number of hydrogen-bond donors (Lipinski definition) is 2. The lowest BCUT2D eigenvalue weighted by atomic mass is 9.69. The second-order valence-electron chi connectivity index (χ2n) is 14.4. The topological polar surface area (TPSA) is 84.3 Å². The number of piperazine rings is 1. The van der Waals surface area contributed by atoms with Crippen LogP contribution in [0, 0.1) is 17.8 Å². The van der Waals surface area contributed by atoms with Crippen LogP contribution in [-0.4, -0.2) is 77.7 Å². The quantitative estimate of drug-likeness (QED) is 0.308. The maximum atomic E-state index is 13.2. The highest BCUT2D eigenvalue weighted by Gasteiger charge is 2.39. The third-order valence-corrected chi connectivity index (χ3v) is 11.6. The summed E-state index contributed by atoms with van der Waals surface area (Å²) in [6, 6.07) is 26.1. The molecule has 3 aromatic rings. The van der Waals surface area contributed by atoms with Gasteiger partial charge in [0.1, 0.15) is 5.75 Å². The lowest BCUT2D eigenvalue weighted by Gasteiger charge is -2.41. The van der Waals surface area contributed by atoms with Crippen molar-refractivity contribution in [3.05, 3.63) is 95.1 Å². The molecule has 3 fully saturated rings. The van der Waals surface area contributed by atoms with Gasteiger partial charge < -0.3 is 20.0 Å². The zero-order chi connectivity index (χ0) is 32.3. The summed E-state index contributed by atoms with van der Waals surface area (Å²) >= 11 is 0. The number of anilines is 1.